The Labute approximate surface area is 211 Å². The molecular weight excluding hydrogens is 483 g/mol. The van der Waals surface area contributed by atoms with Crippen LogP contribution in [-0.2, 0) is 22.1 Å². The summed E-state index contributed by atoms with van der Waals surface area (Å²) in [5, 5.41) is 3.48. The summed E-state index contributed by atoms with van der Waals surface area (Å²) in [5.74, 6) is -0.731. The van der Waals surface area contributed by atoms with E-state index < -0.39 is 17.6 Å². The number of benzene rings is 3. The van der Waals surface area contributed by atoms with Gasteiger partial charge in [0.25, 0.3) is 5.91 Å². The minimum absolute atomic E-state index is 0.135. The van der Waals surface area contributed by atoms with E-state index in [9.17, 15) is 22.8 Å². The van der Waals surface area contributed by atoms with Gasteiger partial charge in [-0.25, -0.2) is 0 Å². The standard InChI is InChI=1S/C29H24F3NO4/c1-3-36-27(34)16-21-17-37-26-15-19(8-14-25(21)26)7-9-20-5-4-6-24(18(20)2)28(35)33-23-12-10-22(11-13-23)29(30,31)32/h4-15,17H,3,16H2,1-2H3,(H,33,35)/b9-7+. The maximum atomic E-state index is 12.8. The van der Waals surface area contributed by atoms with Crippen LogP contribution in [-0.4, -0.2) is 18.5 Å². The summed E-state index contributed by atoms with van der Waals surface area (Å²) in [6.07, 6.45) is 1.00. The summed E-state index contributed by atoms with van der Waals surface area (Å²) in [6.45, 7) is 3.88. The first-order chi connectivity index (χ1) is 17.7. The molecule has 0 spiro atoms. The van der Waals surface area contributed by atoms with E-state index in [2.05, 4.69) is 5.32 Å². The van der Waals surface area contributed by atoms with Gasteiger partial charge in [-0.2, -0.15) is 13.2 Å². The first kappa shape index (κ1) is 25.8. The Morgan fingerprint density at radius 2 is 1.78 bits per heavy atom. The fraction of sp³-hybridized carbons (Fsp3) is 0.172. The van der Waals surface area contributed by atoms with Crippen LogP contribution in [0.2, 0.25) is 0 Å². The van der Waals surface area contributed by atoms with Crippen molar-refractivity contribution in [1.82, 2.24) is 0 Å². The molecule has 0 saturated heterocycles. The molecule has 0 saturated carbocycles. The molecular formula is C29H24F3NO4. The monoisotopic (exact) mass is 507 g/mol. The molecule has 0 unspecified atom stereocenters. The molecule has 0 aliphatic carbocycles. The molecule has 1 amide bonds. The van der Waals surface area contributed by atoms with Gasteiger partial charge in [0.2, 0.25) is 0 Å². The van der Waals surface area contributed by atoms with Crippen LogP contribution in [0.1, 0.15) is 45.1 Å². The van der Waals surface area contributed by atoms with E-state index >= 15 is 0 Å². The van der Waals surface area contributed by atoms with E-state index in [0.29, 0.717) is 17.8 Å². The van der Waals surface area contributed by atoms with Gasteiger partial charge < -0.3 is 14.5 Å². The third kappa shape index (κ3) is 6.09. The van der Waals surface area contributed by atoms with Crippen LogP contribution in [0.25, 0.3) is 23.1 Å². The predicted molar refractivity (Wildman–Crippen MR) is 136 cm³/mol. The first-order valence-corrected chi connectivity index (χ1v) is 11.6. The summed E-state index contributed by atoms with van der Waals surface area (Å²) in [6, 6.07) is 15.2. The molecule has 0 atom stereocenters. The van der Waals surface area contributed by atoms with E-state index in [1.165, 1.54) is 12.1 Å². The van der Waals surface area contributed by atoms with Gasteiger partial charge in [0.15, 0.2) is 0 Å². The average molecular weight is 508 g/mol. The first-order valence-electron chi connectivity index (χ1n) is 11.6. The lowest BCUT2D eigenvalue weighted by molar-refractivity contribution is -0.142. The Bertz CT molecular complexity index is 1470. The van der Waals surface area contributed by atoms with Crippen LogP contribution in [0.4, 0.5) is 18.9 Å². The number of alkyl halides is 3. The number of anilines is 1. The quantitative estimate of drug-likeness (QED) is 0.211. The normalized spacial score (nSPS) is 11.7. The van der Waals surface area contributed by atoms with Crippen LogP contribution < -0.4 is 5.32 Å². The Hall–Kier alpha value is -4.33. The van der Waals surface area contributed by atoms with Crippen LogP contribution in [0.3, 0.4) is 0 Å². The number of carbonyl (C=O) groups is 2. The summed E-state index contributed by atoms with van der Waals surface area (Å²) in [4.78, 5) is 24.6. The molecule has 3 aromatic carbocycles. The van der Waals surface area contributed by atoms with Gasteiger partial charge in [0, 0.05) is 22.2 Å². The molecule has 1 aromatic heterocycles. The third-order valence-electron chi connectivity index (χ3n) is 5.87. The summed E-state index contributed by atoms with van der Waals surface area (Å²) >= 11 is 0. The minimum Gasteiger partial charge on any atom is -0.466 e. The molecule has 37 heavy (non-hydrogen) atoms. The van der Waals surface area contributed by atoms with Gasteiger partial charge in [-0.1, -0.05) is 36.4 Å². The molecule has 5 nitrogen and oxygen atoms in total. The van der Waals surface area contributed by atoms with Crippen LogP contribution >= 0.6 is 0 Å². The second-order valence-corrected chi connectivity index (χ2v) is 8.38. The number of halogens is 3. The smallest absolute Gasteiger partial charge is 0.416 e. The van der Waals surface area contributed by atoms with Gasteiger partial charge in [0.1, 0.15) is 5.58 Å². The molecule has 0 aliphatic heterocycles. The van der Waals surface area contributed by atoms with Crippen LogP contribution in [0.15, 0.2) is 71.3 Å². The number of carbonyl (C=O) groups excluding carboxylic acids is 2. The zero-order valence-corrected chi connectivity index (χ0v) is 20.2. The third-order valence-corrected chi connectivity index (χ3v) is 5.87. The maximum absolute atomic E-state index is 12.8. The van der Waals surface area contributed by atoms with E-state index in [4.69, 9.17) is 9.15 Å². The van der Waals surface area contributed by atoms with E-state index in [1.807, 2.05) is 36.4 Å². The zero-order valence-electron chi connectivity index (χ0n) is 20.2. The van der Waals surface area contributed by atoms with Crippen molar-refractivity contribution < 1.29 is 31.9 Å². The summed E-state index contributed by atoms with van der Waals surface area (Å²) < 4.78 is 48.9. The van der Waals surface area contributed by atoms with E-state index in [0.717, 1.165) is 39.8 Å². The average Bonchev–Trinajstić information content (AvgIpc) is 3.25. The molecule has 0 fully saturated rings. The van der Waals surface area contributed by atoms with Gasteiger partial charge in [0.05, 0.1) is 24.9 Å². The lowest BCUT2D eigenvalue weighted by Gasteiger charge is -2.11. The van der Waals surface area contributed by atoms with Gasteiger partial charge in [-0.15, -0.1) is 0 Å². The van der Waals surface area contributed by atoms with Crippen molar-refractivity contribution >= 4 is 40.7 Å². The number of amides is 1. The molecule has 1 heterocycles. The fourth-order valence-electron chi connectivity index (χ4n) is 3.91. The highest BCUT2D eigenvalue weighted by atomic mass is 19.4. The second-order valence-electron chi connectivity index (χ2n) is 8.38. The minimum atomic E-state index is -4.44. The maximum Gasteiger partial charge on any atom is 0.416 e. The number of hydrogen-bond acceptors (Lipinski definition) is 4. The summed E-state index contributed by atoms with van der Waals surface area (Å²) in [7, 11) is 0. The van der Waals surface area contributed by atoms with E-state index in [1.54, 1.807) is 32.2 Å². The van der Waals surface area contributed by atoms with Crippen molar-refractivity contribution in [1.29, 1.82) is 0 Å². The molecule has 0 radical (unpaired) electrons. The highest BCUT2D eigenvalue weighted by Gasteiger charge is 2.30. The highest BCUT2D eigenvalue weighted by molar-refractivity contribution is 6.06. The van der Waals surface area contributed by atoms with Crippen molar-refractivity contribution in [2.45, 2.75) is 26.4 Å². The van der Waals surface area contributed by atoms with Gasteiger partial charge in [-0.05, 0) is 66.9 Å². The van der Waals surface area contributed by atoms with Crippen LogP contribution in [0.5, 0.6) is 0 Å². The number of fused-ring (bicyclic) bond motifs is 1. The predicted octanol–water partition coefficient (Wildman–Crippen LogP) is 7.29. The number of furan rings is 1. The molecule has 0 bridgehead atoms. The van der Waals surface area contributed by atoms with Crippen LogP contribution in [0, 0.1) is 6.92 Å². The number of esters is 1. The molecule has 1 N–H and O–H groups in total. The number of ether oxygens (including phenoxy) is 1. The molecule has 8 heteroatoms. The Kier molecular flexibility index (Phi) is 7.47. The summed E-state index contributed by atoms with van der Waals surface area (Å²) in [5.41, 5.74) is 3.69. The number of hydrogen-bond donors (Lipinski definition) is 1. The van der Waals surface area contributed by atoms with E-state index in [-0.39, 0.29) is 18.1 Å². The highest BCUT2D eigenvalue weighted by Crippen LogP contribution is 2.30. The lowest BCUT2D eigenvalue weighted by Crippen LogP contribution is -2.14. The second kappa shape index (κ2) is 10.7. The molecule has 0 aliphatic rings. The Morgan fingerprint density at radius 3 is 2.49 bits per heavy atom. The Balaban J connectivity index is 1.49. The van der Waals surface area contributed by atoms with Crippen molar-refractivity contribution in [2.75, 3.05) is 11.9 Å². The fourth-order valence-corrected chi connectivity index (χ4v) is 3.91. The van der Waals surface area contributed by atoms with Gasteiger partial charge >= 0.3 is 12.1 Å². The van der Waals surface area contributed by atoms with Crippen molar-refractivity contribution in [3.8, 4) is 0 Å². The SMILES string of the molecule is CCOC(=O)Cc1coc2cc(/C=C/c3cccc(C(=O)Nc4ccc(C(F)(F)F)cc4)c3C)ccc12. The van der Waals surface area contributed by atoms with Crippen molar-refractivity contribution in [3.05, 3.63) is 100 Å². The topological polar surface area (TPSA) is 68.5 Å². The zero-order chi connectivity index (χ0) is 26.6. The van der Waals surface area contributed by atoms with Gasteiger partial charge in [-0.3, -0.25) is 9.59 Å². The molecule has 190 valence electrons. The number of rotatable bonds is 7. The Morgan fingerprint density at radius 1 is 1.03 bits per heavy atom. The number of nitrogens with one attached hydrogen (secondary N) is 1. The van der Waals surface area contributed by atoms with Crippen molar-refractivity contribution in [2.24, 2.45) is 0 Å². The molecule has 4 aromatic rings. The van der Waals surface area contributed by atoms with Crippen molar-refractivity contribution in [3.63, 3.8) is 0 Å². The lowest BCUT2D eigenvalue weighted by atomic mass is 10.00. The molecule has 4 rings (SSSR count). The largest absolute Gasteiger partial charge is 0.466 e.